The van der Waals surface area contributed by atoms with Gasteiger partial charge in [-0.1, -0.05) is 50.7 Å². The van der Waals surface area contributed by atoms with E-state index in [-0.39, 0.29) is 11.9 Å². The Hall–Kier alpha value is -1.82. The van der Waals surface area contributed by atoms with Crippen LogP contribution in [0.25, 0.3) is 0 Å². The van der Waals surface area contributed by atoms with E-state index in [0.29, 0.717) is 12.1 Å². The molecule has 2 fully saturated rings. The van der Waals surface area contributed by atoms with Crippen LogP contribution in [-0.2, 0) is 0 Å². The van der Waals surface area contributed by atoms with Crippen LogP contribution in [0.1, 0.15) is 87.7 Å². The third kappa shape index (κ3) is 4.05. The molecule has 0 bridgehead atoms. The second kappa shape index (κ2) is 8.46. The van der Waals surface area contributed by atoms with Crippen LogP contribution in [0.15, 0.2) is 24.3 Å². The summed E-state index contributed by atoms with van der Waals surface area (Å²) < 4.78 is 15.6. The largest absolute Gasteiger partial charge is 0.290 e. The van der Waals surface area contributed by atoms with Gasteiger partial charge in [-0.25, -0.2) is 9.07 Å². The molecular weight excluding hydrogens is 341 g/mol. The molecule has 1 unspecified atom stereocenters. The van der Waals surface area contributed by atoms with Crippen LogP contribution in [-0.4, -0.2) is 38.2 Å². The molecule has 1 aromatic carbocycles. The van der Waals surface area contributed by atoms with E-state index >= 15 is 0 Å². The molecule has 0 spiro atoms. The molecular formula is C21H30FN5. The molecule has 4 rings (SSSR count). The minimum Gasteiger partial charge on any atom is -0.290 e. The first-order valence-electron chi connectivity index (χ1n) is 10.5. The predicted octanol–water partition coefficient (Wildman–Crippen LogP) is 4.67. The highest BCUT2D eigenvalue weighted by Crippen LogP contribution is 2.35. The van der Waals surface area contributed by atoms with Gasteiger partial charge in [-0.2, -0.15) is 0 Å². The van der Waals surface area contributed by atoms with Crippen molar-refractivity contribution in [3.8, 4) is 0 Å². The number of aromatic nitrogens is 4. The second-order valence-corrected chi connectivity index (χ2v) is 8.18. The average Bonchev–Trinajstić information content (AvgIpc) is 3.20. The lowest BCUT2D eigenvalue weighted by Crippen LogP contribution is -2.38. The Kier molecular flexibility index (Phi) is 5.81. The quantitative estimate of drug-likeness (QED) is 0.766. The zero-order chi connectivity index (χ0) is 18.6. The SMILES string of the molecule is CN(C1CCCCC1)C(c1ccc(F)cc1)c1nnnn1C1CCCCC1. The normalized spacial score (nSPS) is 20.9. The van der Waals surface area contributed by atoms with Gasteiger partial charge < -0.3 is 0 Å². The molecule has 0 amide bonds. The third-order valence-corrected chi connectivity index (χ3v) is 6.43. The standard InChI is InChI=1S/C21H30FN5/c1-26(18-8-4-2-5-9-18)20(16-12-14-17(22)15-13-16)21-23-24-25-27(21)19-10-6-3-7-11-19/h12-15,18-20H,2-11H2,1H3. The molecule has 0 saturated heterocycles. The lowest BCUT2D eigenvalue weighted by atomic mass is 9.91. The van der Waals surface area contributed by atoms with Crippen LogP contribution in [0.2, 0.25) is 0 Å². The van der Waals surface area contributed by atoms with Crippen LogP contribution in [0.3, 0.4) is 0 Å². The summed E-state index contributed by atoms with van der Waals surface area (Å²) in [5, 5.41) is 12.9. The molecule has 1 aromatic heterocycles. The molecule has 0 N–H and O–H groups in total. The van der Waals surface area contributed by atoms with Gasteiger partial charge in [0, 0.05) is 6.04 Å². The Morgan fingerprint density at radius 1 is 0.963 bits per heavy atom. The summed E-state index contributed by atoms with van der Waals surface area (Å²) >= 11 is 0. The number of hydrogen-bond acceptors (Lipinski definition) is 4. The first kappa shape index (κ1) is 18.5. The van der Waals surface area contributed by atoms with Gasteiger partial charge in [0.15, 0.2) is 5.82 Å². The van der Waals surface area contributed by atoms with E-state index in [4.69, 9.17) is 0 Å². The Balaban J connectivity index is 1.69. The fourth-order valence-corrected chi connectivity index (χ4v) is 4.88. The molecule has 2 aromatic rings. The Morgan fingerprint density at radius 2 is 1.59 bits per heavy atom. The Bertz CT molecular complexity index is 716. The zero-order valence-corrected chi connectivity index (χ0v) is 16.2. The first-order chi connectivity index (χ1) is 13.2. The maximum atomic E-state index is 13.6. The summed E-state index contributed by atoms with van der Waals surface area (Å²) in [6, 6.07) is 7.73. The molecule has 146 valence electrons. The summed E-state index contributed by atoms with van der Waals surface area (Å²) in [5.41, 5.74) is 1.07. The van der Waals surface area contributed by atoms with Crippen molar-refractivity contribution in [1.29, 1.82) is 0 Å². The van der Waals surface area contributed by atoms with Gasteiger partial charge >= 0.3 is 0 Å². The molecule has 1 atom stereocenters. The maximum Gasteiger partial charge on any atom is 0.173 e. The van der Waals surface area contributed by atoms with Gasteiger partial charge in [0.1, 0.15) is 5.82 Å². The molecule has 5 nitrogen and oxygen atoms in total. The van der Waals surface area contributed by atoms with Crippen molar-refractivity contribution in [3.63, 3.8) is 0 Å². The monoisotopic (exact) mass is 371 g/mol. The minimum absolute atomic E-state index is 0.0365. The van der Waals surface area contributed by atoms with Crippen molar-refractivity contribution in [2.45, 2.75) is 82.3 Å². The smallest absolute Gasteiger partial charge is 0.173 e. The second-order valence-electron chi connectivity index (χ2n) is 8.18. The highest BCUT2D eigenvalue weighted by molar-refractivity contribution is 5.25. The maximum absolute atomic E-state index is 13.6. The molecule has 2 aliphatic rings. The zero-order valence-electron chi connectivity index (χ0n) is 16.2. The van der Waals surface area contributed by atoms with Crippen molar-refractivity contribution in [3.05, 3.63) is 41.5 Å². The van der Waals surface area contributed by atoms with Crippen molar-refractivity contribution >= 4 is 0 Å². The minimum atomic E-state index is -0.204. The van der Waals surface area contributed by atoms with Gasteiger partial charge in [-0.3, -0.25) is 4.90 Å². The van der Waals surface area contributed by atoms with E-state index in [9.17, 15) is 4.39 Å². The van der Waals surface area contributed by atoms with Crippen LogP contribution < -0.4 is 0 Å². The van der Waals surface area contributed by atoms with E-state index in [2.05, 4.69) is 32.2 Å². The van der Waals surface area contributed by atoms with Crippen LogP contribution >= 0.6 is 0 Å². The number of halogens is 1. The van der Waals surface area contributed by atoms with Crippen molar-refractivity contribution in [2.75, 3.05) is 7.05 Å². The Morgan fingerprint density at radius 3 is 2.26 bits per heavy atom. The third-order valence-electron chi connectivity index (χ3n) is 6.43. The van der Waals surface area contributed by atoms with E-state index in [0.717, 1.165) is 24.2 Å². The van der Waals surface area contributed by atoms with E-state index in [1.165, 1.54) is 51.4 Å². The highest BCUT2D eigenvalue weighted by Gasteiger charge is 2.32. The van der Waals surface area contributed by atoms with E-state index in [1.54, 1.807) is 12.1 Å². The summed E-state index contributed by atoms with van der Waals surface area (Å²) in [6.45, 7) is 0. The number of nitrogens with zero attached hydrogens (tertiary/aromatic N) is 5. The van der Waals surface area contributed by atoms with Crippen molar-refractivity contribution in [1.82, 2.24) is 25.1 Å². The molecule has 0 radical (unpaired) electrons. The molecule has 2 aliphatic carbocycles. The van der Waals surface area contributed by atoms with E-state index < -0.39 is 0 Å². The molecule has 27 heavy (non-hydrogen) atoms. The predicted molar refractivity (Wildman–Crippen MR) is 103 cm³/mol. The van der Waals surface area contributed by atoms with Crippen LogP contribution in [0, 0.1) is 5.82 Å². The summed E-state index contributed by atoms with van der Waals surface area (Å²) in [5.74, 6) is 0.700. The van der Waals surface area contributed by atoms with Gasteiger partial charge in [0.2, 0.25) is 0 Å². The number of hydrogen-bond donors (Lipinski definition) is 0. The number of tetrazole rings is 1. The summed E-state index contributed by atoms with van der Waals surface area (Å²) in [7, 11) is 2.18. The Labute approximate surface area is 160 Å². The van der Waals surface area contributed by atoms with Gasteiger partial charge in [-0.05, 0) is 60.9 Å². The molecule has 2 saturated carbocycles. The fraction of sp³-hybridized carbons (Fsp3) is 0.667. The molecule has 6 heteroatoms. The van der Waals surface area contributed by atoms with Crippen molar-refractivity contribution < 1.29 is 4.39 Å². The van der Waals surface area contributed by atoms with Crippen molar-refractivity contribution in [2.24, 2.45) is 0 Å². The summed E-state index contributed by atoms with van der Waals surface area (Å²) in [4.78, 5) is 2.43. The van der Waals surface area contributed by atoms with Crippen LogP contribution in [0.4, 0.5) is 4.39 Å². The number of rotatable bonds is 5. The average molecular weight is 372 g/mol. The van der Waals surface area contributed by atoms with E-state index in [1.807, 2.05) is 12.1 Å². The number of benzene rings is 1. The van der Waals surface area contributed by atoms with Gasteiger partial charge in [0.05, 0.1) is 12.1 Å². The highest BCUT2D eigenvalue weighted by atomic mass is 19.1. The lowest BCUT2D eigenvalue weighted by molar-refractivity contribution is 0.146. The fourth-order valence-electron chi connectivity index (χ4n) is 4.88. The lowest BCUT2D eigenvalue weighted by Gasteiger charge is -2.37. The first-order valence-corrected chi connectivity index (χ1v) is 10.5. The topological polar surface area (TPSA) is 46.8 Å². The van der Waals surface area contributed by atoms with Gasteiger partial charge in [0.25, 0.3) is 0 Å². The van der Waals surface area contributed by atoms with Crippen LogP contribution in [0.5, 0.6) is 0 Å². The molecule has 0 aliphatic heterocycles. The summed E-state index contributed by atoms with van der Waals surface area (Å²) in [6.07, 6.45) is 12.4. The molecule has 1 heterocycles. The van der Waals surface area contributed by atoms with Gasteiger partial charge in [-0.15, -0.1) is 5.10 Å².